The van der Waals surface area contributed by atoms with E-state index in [0.717, 1.165) is 16.9 Å². The minimum absolute atomic E-state index is 0.100. The van der Waals surface area contributed by atoms with Crippen molar-refractivity contribution in [1.82, 2.24) is 10.3 Å². The summed E-state index contributed by atoms with van der Waals surface area (Å²) in [5.41, 5.74) is 3.36. The molecular formula is C24H25N3O2. The summed E-state index contributed by atoms with van der Waals surface area (Å²) in [4.78, 5) is 29.4. The van der Waals surface area contributed by atoms with E-state index in [-0.39, 0.29) is 17.2 Å². The zero-order chi connectivity index (χ0) is 20.9. The SMILES string of the molecule is CC(C)(C)c1ccccc1NC(=O)c1cccc(C(=O)NCc2ccccn2)c1. The van der Waals surface area contributed by atoms with Crippen LogP contribution in [-0.2, 0) is 12.0 Å². The van der Waals surface area contributed by atoms with E-state index >= 15 is 0 Å². The van der Waals surface area contributed by atoms with Crippen molar-refractivity contribution in [3.8, 4) is 0 Å². The van der Waals surface area contributed by atoms with E-state index in [1.807, 2.05) is 42.5 Å². The third-order valence-electron chi connectivity index (χ3n) is 4.53. The van der Waals surface area contributed by atoms with Crippen molar-refractivity contribution >= 4 is 17.5 Å². The van der Waals surface area contributed by atoms with Crippen LogP contribution >= 0.6 is 0 Å². The maximum atomic E-state index is 12.8. The third-order valence-corrected chi connectivity index (χ3v) is 4.53. The summed E-state index contributed by atoms with van der Waals surface area (Å²) in [6.45, 7) is 6.63. The van der Waals surface area contributed by atoms with Crippen LogP contribution in [0.2, 0.25) is 0 Å². The highest BCUT2D eigenvalue weighted by Gasteiger charge is 2.19. The maximum Gasteiger partial charge on any atom is 0.255 e. The first-order valence-corrected chi connectivity index (χ1v) is 9.53. The van der Waals surface area contributed by atoms with Crippen LogP contribution in [0.15, 0.2) is 72.9 Å². The molecule has 0 bridgehead atoms. The fourth-order valence-electron chi connectivity index (χ4n) is 3.02. The van der Waals surface area contributed by atoms with Crippen molar-refractivity contribution in [1.29, 1.82) is 0 Å². The lowest BCUT2D eigenvalue weighted by Gasteiger charge is -2.23. The van der Waals surface area contributed by atoms with Gasteiger partial charge in [0.05, 0.1) is 12.2 Å². The molecule has 0 aliphatic carbocycles. The van der Waals surface area contributed by atoms with Gasteiger partial charge in [-0.3, -0.25) is 14.6 Å². The maximum absolute atomic E-state index is 12.8. The Morgan fingerprint density at radius 2 is 1.55 bits per heavy atom. The van der Waals surface area contributed by atoms with Crippen molar-refractivity contribution in [2.75, 3.05) is 5.32 Å². The predicted molar refractivity (Wildman–Crippen MR) is 115 cm³/mol. The number of pyridine rings is 1. The Morgan fingerprint density at radius 3 is 2.24 bits per heavy atom. The van der Waals surface area contributed by atoms with Gasteiger partial charge in [0.25, 0.3) is 11.8 Å². The fraction of sp³-hybridized carbons (Fsp3) is 0.208. The van der Waals surface area contributed by atoms with E-state index < -0.39 is 0 Å². The van der Waals surface area contributed by atoms with Gasteiger partial charge in [-0.05, 0) is 47.4 Å². The molecule has 5 heteroatoms. The summed E-state index contributed by atoms with van der Waals surface area (Å²) in [5.74, 6) is -0.499. The van der Waals surface area contributed by atoms with Crippen molar-refractivity contribution < 1.29 is 9.59 Å². The molecule has 148 valence electrons. The topological polar surface area (TPSA) is 71.1 Å². The zero-order valence-corrected chi connectivity index (χ0v) is 16.9. The van der Waals surface area contributed by atoms with Crippen LogP contribution in [0.4, 0.5) is 5.69 Å². The monoisotopic (exact) mass is 387 g/mol. The number of nitrogens with zero attached hydrogens (tertiary/aromatic N) is 1. The molecule has 2 amide bonds. The van der Waals surface area contributed by atoms with Crippen LogP contribution in [0, 0.1) is 0 Å². The summed E-state index contributed by atoms with van der Waals surface area (Å²) >= 11 is 0. The molecule has 0 saturated heterocycles. The smallest absolute Gasteiger partial charge is 0.255 e. The minimum Gasteiger partial charge on any atom is -0.346 e. The first kappa shape index (κ1) is 20.3. The average molecular weight is 387 g/mol. The highest BCUT2D eigenvalue weighted by molar-refractivity contribution is 6.06. The number of nitrogens with one attached hydrogen (secondary N) is 2. The number of anilines is 1. The molecule has 3 aromatic rings. The molecule has 0 atom stereocenters. The Hall–Kier alpha value is -3.47. The summed E-state index contributed by atoms with van der Waals surface area (Å²) in [6, 6.07) is 20.0. The lowest BCUT2D eigenvalue weighted by Crippen LogP contribution is -2.24. The molecule has 0 fully saturated rings. The first-order chi connectivity index (χ1) is 13.8. The van der Waals surface area contributed by atoms with Crippen LogP contribution in [0.3, 0.4) is 0 Å². The molecule has 1 aromatic heterocycles. The molecule has 2 aromatic carbocycles. The number of amides is 2. The number of carbonyl (C=O) groups excluding carboxylic acids is 2. The van der Waals surface area contributed by atoms with Crippen molar-refractivity contribution in [2.24, 2.45) is 0 Å². The molecule has 1 heterocycles. The molecule has 29 heavy (non-hydrogen) atoms. The molecule has 5 nitrogen and oxygen atoms in total. The van der Waals surface area contributed by atoms with Crippen molar-refractivity contribution in [2.45, 2.75) is 32.7 Å². The van der Waals surface area contributed by atoms with Gasteiger partial charge in [-0.2, -0.15) is 0 Å². The Labute approximate surface area is 171 Å². The minimum atomic E-state index is -0.250. The van der Waals surface area contributed by atoms with E-state index in [9.17, 15) is 9.59 Å². The van der Waals surface area contributed by atoms with Gasteiger partial charge < -0.3 is 10.6 Å². The molecule has 0 aliphatic heterocycles. The van der Waals surface area contributed by atoms with Crippen LogP contribution < -0.4 is 10.6 Å². The number of para-hydroxylation sites is 1. The Balaban J connectivity index is 1.72. The number of rotatable bonds is 5. The van der Waals surface area contributed by atoms with Crippen LogP contribution in [-0.4, -0.2) is 16.8 Å². The summed E-state index contributed by atoms with van der Waals surface area (Å²) in [7, 11) is 0. The molecule has 2 N–H and O–H groups in total. The normalized spacial score (nSPS) is 11.0. The second-order valence-corrected chi connectivity index (χ2v) is 7.83. The predicted octanol–water partition coefficient (Wildman–Crippen LogP) is 4.56. The van der Waals surface area contributed by atoms with Gasteiger partial charge in [0.15, 0.2) is 0 Å². The number of hydrogen-bond acceptors (Lipinski definition) is 3. The van der Waals surface area contributed by atoms with Gasteiger partial charge in [0.2, 0.25) is 0 Å². The Morgan fingerprint density at radius 1 is 0.862 bits per heavy atom. The van der Waals surface area contributed by atoms with Gasteiger partial charge >= 0.3 is 0 Å². The van der Waals surface area contributed by atoms with Crippen LogP contribution in [0.1, 0.15) is 52.7 Å². The highest BCUT2D eigenvalue weighted by atomic mass is 16.2. The number of carbonyl (C=O) groups is 2. The number of aromatic nitrogens is 1. The molecule has 0 saturated carbocycles. The van der Waals surface area contributed by atoms with Crippen molar-refractivity contribution in [3.63, 3.8) is 0 Å². The van der Waals surface area contributed by atoms with Gasteiger partial charge in [0.1, 0.15) is 0 Å². The van der Waals surface area contributed by atoms with Gasteiger partial charge in [-0.1, -0.05) is 51.1 Å². The fourth-order valence-corrected chi connectivity index (χ4v) is 3.02. The van der Waals surface area contributed by atoms with E-state index in [1.165, 1.54) is 0 Å². The summed E-state index contributed by atoms with van der Waals surface area (Å²) in [5, 5.41) is 5.80. The second-order valence-electron chi connectivity index (χ2n) is 7.83. The quantitative estimate of drug-likeness (QED) is 0.674. The summed E-state index contributed by atoms with van der Waals surface area (Å²) < 4.78 is 0. The Bertz CT molecular complexity index is 1010. The van der Waals surface area contributed by atoms with Crippen LogP contribution in [0.25, 0.3) is 0 Å². The summed E-state index contributed by atoms with van der Waals surface area (Å²) in [6.07, 6.45) is 1.68. The largest absolute Gasteiger partial charge is 0.346 e. The first-order valence-electron chi connectivity index (χ1n) is 9.53. The number of hydrogen-bond donors (Lipinski definition) is 2. The van der Waals surface area contributed by atoms with Gasteiger partial charge in [0, 0.05) is 23.0 Å². The standard InChI is InChI=1S/C24H25N3O2/c1-24(2,3)20-12-4-5-13-21(20)27-23(29)18-10-8-9-17(15-18)22(28)26-16-19-11-6-7-14-25-19/h4-15H,16H2,1-3H3,(H,26,28)(H,27,29). The third kappa shape index (κ3) is 5.29. The molecule has 0 spiro atoms. The van der Waals surface area contributed by atoms with E-state index in [1.54, 1.807) is 30.5 Å². The van der Waals surface area contributed by atoms with Gasteiger partial charge in [-0.25, -0.2) is 0 Å². The molecule has 0 aliphatic rings. The van der Waals surface area contributed by atoms with Gasteiger partial charge in [-0.15, -0.1) is 0 Å². The van der Waals surface area contributed by atoms with Crippen molar-refractivity contribution in [3.05, 3.63) is 95.3 Å². The highest BCUT2D eigenvalue weighted by Crippen LogP contribution is 2.29. The number of benzene rings is 2. The van der Waals surface area contributed by atoms with E-state index in [0.29, 0.717) is 17.7 Å². The Kier molecular flexibility index (Phi) is 6.07. The lowest BCUT2D eigenvalue weighted by molar-refractivity contribution is 0.0950. The lowest BCUT2D eigenvalue weighted by atomic mass is 9.86. The zero-order valence-electron chi connectivity index (χ0n) is 16.9. The second kappa shape index (κ2) is 8.69. The van der Waals surface area contributed by atoms with E-state index in [4.69, 9.17) is 0 Å². The molecule has 3 rings (SSSR count). The molecule has 0 radical (unpaired) electrons. The average Bonchev–Trinajstić information content (AvgIpc) is 2.72. The van der Waals surface area contributed by atoms with Crippen LogP contribution in [0.5, 0.6) is 0 Å². The van der Waals surface area contributed by atoms with E-state index in [2.05, 4.69) is 36.4 Å². The molecule has 0 unspecified atom stereocenters. The molecular weight excluding hydrogens is 362 g/mol.